The predicted molar refractivity (Wildman–Crippen MR) is 119 cm³/mol. The molecule has 0 bridgehead atoms. The molecule has 1 aliphatic heterocycles. The molecule has 5 heteroatoms. The summed E-state index contributed by atoms with van der Waals surface area (Å²) < 4.78 is 31.2. The van der Waals surface area contributed by atoms with Gasteiger partial charge in [0.05, 0.1) is 6.10 Å². The Labute approximate surface area is 188 Å². The summed E-state index contributed by atoms with van der Waals surface area (Å²) in [7, 11) is 0. The van der Waals surface area contributed by atoms with E-state index in [1.165, 1.54) is 23.3 Å². The van der Waals surface area contributed by atoms with Gasteiger partial charge < -0.3 is 10.0 Å². The molecule has 32 heavy (non-hydrogen) atoms. The van der Waals surface area contributed by atoms with E-state index in [2.05, 4.69) is 6.92 Å². The number of carbonyl (C=O) groups excluding carboxylic acids is 1. The predicted octanol–water partition coefficient (Wildman–Crippen LogP) is 5.44. The number of anilines is 1. The first-order valence-electron chi connectivity index (χ1n) is 12.3. The standard InChI is InChI=1S/C27H31F2NO2/c1-27-14-20(26-22(28)12-16(13-23(26)29)30-9-2-10-30)25-18-6-4-17(31)11-15(18)3-5-19(25)21(27)7-8-24(27)32/h11-13,19-21,24,32H,2-10,14H2,1H3. The summed E-state index contributed by atoms with van der Waals surface area (Å²) in [6, 6.07) is 3.00. The number of halogens is 2. The van der Waals surface area contributed by atoms with E-state index >= 15 is 8.78 Å². The average Bonchev–Trinajstić information content (AvgIpc) is 3.00. The maximum Gasteiger partial charge on any atom is 0.156 e. The average molecular weight is 440 g/mol. The third kappa shape index (κ3) is 2.89. The Kier molecular flexibility index (Phi) is 4.66. The van der Waals surface area contributed by atoms with Gasteiger partial charge in [0, 0.05) is 36.7 Å². The molecule has 3 nitrogen and oxygen atoms in total. The van der Waals surface area contributed by atoms with Crippen molar-refractivity contribution >= 4 is 11.5 Å². The third-order valence-electron chi connectivity index (χ3n) is 9.31. The van der Waals surface area contributed by atoms with Crippen LogP contribution in [0.1, 0.15) is 69.8 Å². The van der Waals surface area contributed by atoms with Crippen molar-refractivity contribution in [2.45, 2.75) is 70.3 Å². The molecule has 1 aromatic rings. The quantitative estimate of drug-likeness (QED) is 0.668. The fourth-order valence-corrected chi connectivity index (χ4v) is 7.55. The second-order valence-electron chi connectivity index (χ2n) is 10.8. The highest BCUT2D eigenvalue weighted by Gasteiger charge is 2.57. The van der Waals surface area contributed by atoms with Gasteiger partial charge in [-0.2, -0.15) is 0 Å². The molecule has 1 heterocycles. The summed E-state index contributed by atoms with van der Waals surface area (Å²) in [5, 5.41) is 10.9. The van der Waals surface area contributed by atoms with Crippen LogP contribution < -0.4 is 4.90 Å². The number of benzene rings is 1. The van der Waals surface area contributed by atoms with Gasteiger partial charge in [-0.1, -0.05) is 12.5 Å². The lowest BCUT2D eigenvalue weighted by molar-refractivity contribution is -0.114. The lowest BCUT2D eigenvalue weighted by Crippen LogP contribution is -2.45. The van der Waals surface area contributed by atoms with Crippen LogP contribution in [0.4, 0.5) is 14.5 Å². The van der Waals surface area contributed by atoms with Crippen molar-refractivity contribution in [3.8, 4) is 0 Å². The zero-order valence-corrected chi connectivity index (χ0v) is 18.7. The molecular weight excluding hydrogens is 408 g/mol. The molecule has 1 saturated heterocycles. The molecule has 5 atom stereocenters. The highest BCUT2D eigenvalue weighted by atomic mass is 19.1. The normalized spacial score (nSPS) is 36.3. The van der Waals surface area contributed by atoms with E-state index in [1.54, 1.807) is 6.08 Å². The third-order valence-corrected chi connectivity index (χ3v) is 9.31. The van der Waals surface area contributed by atoms with Crippen molar-refractivity contribution in [3.05, 3.63) is 52.1 Å². The zero-order chi connectivity index (χ0) is 22.2. The molecule has 4 aliphatic carbocycles. The Morgan fingerprint density at radius 1 is 1.06 bits per heavy atom. The van der Waals surface area contributed by atoms with Gasteiger partial charge in [0.1, 0.15) is 11.6 Å². The molecule has 0 spiro atoms. The molecule has 6 rings (SSSR count). The summed E-state index contributed by atoms with van der Waals surface area (Å²) in [5.74, 6) is -0.603. The van der Waals surface area contributed by atoms with Crippen LogP contribution in [0, 0.1) is 28.9 Å². The smallest absolute Gasteiger partial charge is 0.156 e. The Balaban J connectivity index is 1.52. The molecule has 0 aromatic heterocycles. The van der Waals surface area contributed by atoms with Crippen molar-refractivity contribution in [1.29, 1.82) is 0 Å². The molecule has 0 amide bonds. The van der Waals surface area contributed by atoms with Crippen LogP contribution in [0.25, 0.3) is 0 Å². The summed E-state index contributed by atoms with van der Waals surface area (Å²) >= 11 is 0. The molecule has 0 radical (unpaired) electrons. The van der Waals surface area contributed by atoms with E-state index in [0.29, 0.717) is 30.9 Å². The molecular formula is C27H31F2NO2. The fourth-order valence-electron chi connectivity index (χ4n) is 7.55. The molecule has 1 aromatic carbocycles. The first-order valence-corrected chi connectivity index (χ1v) is 12.3. The van der Waals surface area contributed by atoms with Gasteiger partial charge in [-0.15, -0.1) is 0 Å². The SMILES string of the molecule is CC12CC(c3c(F)cc(N4CCC4)cc3F)C3=C4CCC(=O)C=C4CCC3C1CCC2O. The van der Waals surface area contributed by atoms with Crippen LogP contribution >= 0.6 is 0 Å². The van der Waals surface area contributed by atoms with E-state index in [4.69, 9.17) is 0 Å². The van der Waals surface area contributed by atoms with Gasteiger partial charge in [0.25, 0.3) is 0 Å². The molecule has 3 fully saturated rings. The number of allylic oxidation sites excluding steroid dienone is 4. The van der Waals surface area contributed by atoms with E-state index in [0.717, 1.165) is 50.8 Å². The summed E-state index contributed by atoms with van der Waals surface area (Å²) in [6.07, 6.45) is 7.58. The van der Waals surface area contributed by atoms with Crippen LogP contribution in [0.15, 0.2) is 34.9 Å². The molecule has 170 valence electrons. The number of hydrogen-bond donors (Lipinski definition) is 1. The van der Waals surface area contributed by atoms with Crippen LogP contribution in [-0.2, 0) is 4.79 Å². The van der Waals surface area contributed by atoms with Crippen molar-refractivity contribution in [3.63, 3.8) is 0 Å². The maximum absolute atomic E-state index is 15.6. The number of ketones is 1. The fraction of sp³-hybridized carbons (Fsp3) is 0.593. The highest BCUT2D eigenvalue weighted by Crippen LogP contribution is 2.64. The maximum atomic E-state index is 15.6. The van der Waals surface area contributed by atoms with Gasteiger partial charge in [-0.3, -0.25) is 4.79 Å². The Bertz CT molecular complexity index is 1030. The Morgan fingerprint density at radius 2 is 1.81 bits per heavy atom. The second-order valence-corrected chi connectivity index (χ2v) is 10.8. The Hall–Kier alpha value is -2.01. The molecule has 5 unspecified atom stereocenters. The van der Waals surface area contributed by atoms with E-state index in [-0.39, 0.29) is 28.6 Å². The minimum atomic E-state index is -0.471. The van der Waals surface area contributed by atoms with Crippen molar-refractivity contribution in [2.24, 2.45) is 17.3 Å². The van der Waals surface area contributed by atoms with E-state index in [1.807, 2.05) is 4.90 Å². The molecule has 2 saturated carbocycles. The number of fused-ring (bicyclic) bond motifs is 4. The number of nitrogens with zero attached hydrogens (tertiary/aromatic N) is 1. The van der Waals surface area contributed by atoms with E-state index in [9.17, 15) is 9.90 Å². The molecule has 1 N–H and O–H groups in total. The topological polar surface area (TPSA) is 40.5 Å². The minimum Gasteiger partial charge on any atom is -0.393 e. The van der Waals surface area contributed by atoms with Crippen molar-refractivity contribution < 1.29 is 18.7 Å². The van der Waals surface area contributed by atoms with Gasteiger partial charge in [-0.05, 0) is 91.6 Å². The lowest BCUT2D eigenvalue weighted by Gasteiger charge is -2.52. The number of aliphatic hydroxyl groups excluding tert-OH is 1. The van der Waals surface area contributed by atoms with Crippen molar-refractivity contribution in [2.75, 3.05) is 18.0 Å². The second kappa shape index (κ2) is 7.24. The Morgan fingerprint density at radius 3 is 2.50 bits per heavy atom. The number of aliphatic hydroxyl groups is 1. The molecule has 5 aliphatic rings. The van der Waals surface area contributed by atoms with Gasteiger partial charge in [0.15, 0.2) is 5.78 Å². The van der Waals surface area contributed by atoms with Crippen LogP contribution in [0.5, 0.6) is 0 Å². The van der Waals surface area contributed by atoms with Crippen molar-refractivity contribution in [1.82, 2.24) is 0 Å². The van der Waals surface area contributed by atoms with Crippen LogP contribution in [-0.4, -0.2) is 30.1 Å². The van der Waals surface area contributed by atoms with Crippen LogP contribution in [0.3, 0.4) is 0 Å². The van der Waals surface area contributed by atoms with Gasteiger partial charge >= 0.3 is 0 Å². The van der Waals surface area contributed by atoms with Gasteiger partial charge in [0.2, 0.25) is 0 Å². The first kappa shape index (κ1) is 20.6. The summed E-state index contributed by atoms with van der Waals surface area (Å²) in [4.78, 5) is 14.1. The number of rotatable bonds is 2. The first-order chi connectivity index (χ1) is 15.4. The summed E-state index contributed by atoms with van der Waals surface area (Å²) in [5.41, 5.74) is 3.88. The highest BCUT2D eigenvalue weighted by molar-refractivity contribution is 5.93. The zero-order valence-electron chi connectivity index (χ0n) is 18.7. The number of hydrogen-bond acceptors (Lipinski definition) is 3. The van der Waals surface area contributed by atoms with E-state index < -0.39 is 17.7 Å². The monoisotopic (exact) mass is 439 g/mol. The summed E-state index contributed by atoms with van der Waals surface area (Å²) in [6.45, 7) is 3.81. The minimum absolute atomic E-state index is 0.160. The lowest BCUT2D eigenvalue weighted by atomic mass is 9.53. The van der Waals surface area contributed by atoms with Crippen LogP contribution in [0.2, 0.25) is 0 Å². The number of carbonyl (C=O) groups is 1. The van der Waals surface area contributed by atoms with Gasteiger partial charge in [-0.25, -0.2) is 8.78 Å². The largest absolute Gasteiger partial charge is 0.393 e.